The van der Waals surface area contributed by atoms with Gasteiger partial charge < -0.3 is 15.4 Å². The summed E-state index contributed by atoms with van der Waals surface area (Å²) in [6.07, 6.45) is 5.52. The molecule has 0 aliphatic carbocycles. The van der Waals surface area contributed by atoms with Crippen molar-refractivity contribution < 1.29 is 4.74 Å². The predicted octanol–water partition coefficient (Wildman–Crippen LogP) is 2.55. The van der Waals surface area contributed by atoms with Crippen molar-refractivity contribution in [2.24, 2.45) is 4.99 Å². The third kappa shape index (κ3) is 7.85. The highest BCUT2D eigenvalue weighted by Crippen LogP contribution is 2.12. The summed E-state index contributed by atoms with van der Waals surface area (Å²) < 4.78 is 5.23. The van der Waals surface area contributed by atoms with Crippen molar-refractivity contribution in [2.45, 2.75) is 19.3 Å². The second kappa shape index (κ2) is 11.3. The summed E-state index contributed by atoms with van der Waals surface area (Å²) in [7, 11) is 3.50. The van der Waals surface area contributed by atoms with E-state index in [-0.39, 0.29) is 0 Å². The Hall–Kier alpha value is -1.36. The predicted molar refractivity (Wildman–Crippen MR) is 93.7 cm³/mol. The molecule has 118 valence electrons. The van der Waals surface area contributed by atoms with Crippen LogP contribution in [0, 0.1) is 0 Å². The number of ether oxygens (including phenoxy) is 1. The maximum atomic E-state index is 5.23. The molecule has 0 fully saturated rings. The summed E-state index contributed by atoms with van der Waals surface area (Å²) in [5.41, 5.74) is 1.26. The molecule has 0 saturated carbocycles. The molecule has 0 bridgehead atoms. The van der Waals surface area contributed by atoms with Gasteiger partial charge in [-0.05, 0) is 49.0 Å². The van der Waals surface area contributed by atoms with Crippen molar-refractivity contribution in [1.82, 2.24) is 10.6 Å². The van der Waals surface area contributed by atoms with E-state index in [1.807, 2.05) is 30.9 Å². The molecule has 0 saturated heterocycles. The molecule has 4 nitrogen and oxygen atoms in total. The van der Waals surface area contributed by atoms with Gasteiger partial charge in [0.25, 0.3) is 0 Å². The van der Waals surface area contributed by atoms with Crippen LogP contribution in [-0.2, 0) is 6.42 Å². The highest BCUT2D eigenvalue weighted by Gasteiger charge is 1.99. The Labute approximate surface area is 132 Å². The third-order valence-electron chi connectivity index (χ3n) is 3.13. The van der Waals surface area contributed by atoms with Crippen molar-refractivity contribution >= 4 is 17.7 Å². The molecular weight excluding hydrogens is 282 g/mol. The number of aliphatic imine (C=N–C) groups is 1. The SMILES string of the molecule is CN=C(NCCCCSC)NCCc1cccc(OC)c1. The van der Waals surface area contributed by atoms with E-state index in [0.717, 1.165) is 31.2 Å². The minimum Gasteiger partial charge on any atom is -0.497 e. The van der Waals surface area contributed by atoms with Crippen molar-refractivity contribution in [3.8, 4) is 5.75 Å². The Morgan fingerprint density at radius 3 is 2.76 bits per heavy atom. The number of unbranched alkanes of at least 4 members (excludes halogenated alkanes) is 1. The van der Waals surface area contributed by atoms with Gasteiger partial charge in [-0.3, -0.25) is 4.99 Å². The second-order valence-corrected chi connectivity index (χ2v) is 5.71. The van der Waals surface area contributed by atoms with Crippen LogP contribution in [0.1, 0.15) is 18.4 Å². The van der Waals surface area contributed by atoms with Gasteiger partial charge in [-0.1, -0.05) is 12.1 Å². The van der Waals surface area contributed by atoms with E-state index in [9.17, 15) is 0 Å². The summed E-state index contributed by atoms with van der Waals surface area (Å²) in [5.74, 6) is 3.01. The van der Waals surface area contributed by atoms with Gasteiger partial charge >= 0.3 is 0 Å². The lowest BCUT2D eigenvalue weighted by atomic mass is 10.1. The molecular formula is C16H27N3OS. The average Bonchev–Trinajstić information content (AvgIpc) is 2.53. The Balaban J connectivity index is 2.22. The van der Waals surface area contributed by atoms with E-state index < -0.39 is 0 Å². The molecule has 0 atom stereocenters. The number of guanidine groups is 1. The van der Waals surface area contributed by atoms with E-state index in [0.29, 0.717) is 0 Å². The fourth-order valence-corrected chi connectivity index (χ4v) is 2.44. The monoisotopic (exact) mass is 309 g/mol. The van der Waals surface area contributed by atoms with Crippen LogP contribution in [0.4, 0.5) is 0 Å². The van der Waals surface area contributed by atoms with Gasteiger partial charge in [-0.2, -0.15) is 11.8 Å². The first-order valence-corrected chi connectivity index (χ1v) is 8.76. The molecule has 1 rings (SSSR count). The number of hydrogen-bond acceptors (Lipinski definition) is 3. The van der Waals surface area contributed by atoms with Crippen molar-refractivity contribution in [3.63, 3.8) is 0 Å². The molecule has 0 amide bonds. The highest BCUT2D eigenvalue weighted by molar-refractivity contribution is 7.98. The van der Waals surface area contributed by atoms with Crippen LogP contribution in [0.3, 0.4) is 0 Å². The standard InChI is InChI=1S/C16H27N3OS/c1-17-16(18-10-4-5-12-21-3)19-11-9-14-7-6-8-15(13-14)20-2/h6-8,13H,4-5,9-12H2,1-3H3,(H2,17,18,19). The Bertz CT molecular complexity index is 424. The lowest BCUT2D eigenvalue weighted by Crippen LogP contribution is -2.38. The van der Waals surface area contributed by atoms with Crippen LogP contribution in [0.25, 0.3) is 0 Å². The van der Waals surface area contributed by atoms with E-state index in [4.69, 9.17) is 4.74 Å². The highest BCUT2D eigenvalue weighted by atomic mass is 32.2. The molecule has 21 heavy (non-hydrogen) atoms. The largest absolute Gasteiger partial charge is 0.497 e. The maximum Gasteiger partial charge on any atom is 0.190 e. The number of benzene rings is 1. The van der Waals surface area contributed by atoms with Crippen LogP contribution in [0.5, 0.6) is 5.75 Å². The Morgan fingerprint density at radius 1 is 1.24 bits per heavy atom. The quantitative estimate of drug-likeness (QED) is 0.418. The van der Waals surface area contributed by atoms with Gasteiger partial charge in [-0.25, -0.2) is 0 Å². The molecule has 0 spiro atoms. The van der Waals surface area contributed by atoms with Crippen LogP contribution in [0.15, 0.2) is 29.3 Å². The van der Waals surface area contributed by atoms with Crippen molar-refractivity contribution in [3.05, 3.63) is 29.8 Å². The Kier molecular flexibility index (Phi) is 9.53. The van der Waals surface area contributed by atoms with Gasteiger partial charge in [0, 0.05) is 20.1 Å². The molecule has 2 N–H and O–H groups in total. The first kappa shape index (κ1) is 17.7. The third-order valence-corrected chi connectivity index (χ3v) is 3.83. The number of nitrogens with zero attached hydrogens (tertiary/aromatic N) is 1. The van der Waals surface area contributed by atoms with E-state index in [1.165, 1.54) is 24.2 Å². The van der Waals surface area contributed by atoms with Gasteiger partial charge in [0.2, 0.25) is 0 Å². The first-order valence-electron chi connectivity index (χ1n) is 7.36. The fraction of sp³-hybridized carbons (Fsp3) is 0.562. The van der Waals surface area contributed by atoms with E-state index in [2.05, 4.69) is 34.0 Å². The number of nitrogens with one attached hydrogen (secondary N) is 2. The second-order valence-electron chi connectivity index (χ2n) is 4.73. The lowest BCUT2D eigenvalue weighted by Gasteiger charge is -2.12. The first-order chi connectivity index (χ1) is 10.3. The van der Waals surface area contributed by atoms with Gasteiger partial charge in [0.1, 0.15) is 5.75 Å². The van der Waals surface area contributed by atoms with Crippen molar-refractivity contribution in [1.29, 1.82) is 0 Å². The number of thioether (sulfide) groups is 1. The smallest absolute Gasteiger partial charge is 0.190 e. The molecule has 0 unspecified atom stereocenters. The molecule has 0 aliphatic rings. The zero-order valence-corrected chi connectivity index (χ0v) is 14.1. The fourth-order valence-electron chi connectivity index (χ4n) is 1.95. The minimum absolute atomic E-state index is 0.859. The van der Waals surface area contributed by atoms with Gasteiger partial charge in [0.05, 0.1) is 7.11 Å². The number of rotatable bonds is 9. The van der Waals surface area contributed by atoms with Crippen LogP contribution < -0.4 is 15.4 Å². The minimum atomic E-state index is 0.859. The molecule has 0 radical (unpaired) electrons. The maximum absolute atomic E-state index is 5.23. The van der Waals surface area contributed by atoms with Crippen LogP contribution in [0.2, 0.25) is 0 Å². The molecule has 1 aromatic rings. The molecule has 0 aliphatic heterocycles. The number of hydrogen-bond donors (Lipinski definition) is 2. The van der Waals surface area contributed by atoms with Crippen LogP contribution in [-0.4, -0.2) is 45.2 Å². The summed E-state index contributed by atoms with van der Waals surface area (Å²) >= 11 is 1.90. The average molecular weight is 309 g/mol. The zero-order chi connectivity index (χ0) is 15.3. The lowest BCUT2D eigenvalue weighted by molar-refractivity contribution is 0.414. The molecule has 0 heterocycles. The normalized spacial score (nSPS) is 11.3. The zero-order valence-electron chi connectivity index (χ0n) is 13.3. The Morgan fingerprint density at radius 2 is 2.05 bits per heavy atom. The van der Waals surface area contributed by atoms with E-state index >= 15 is 0 Å². The summed E-state index contributed by atoms with van der Waals surface area (Å²) in [6, 6.07) is 8.17. The summed E-state index contributed by atoms with van der Waals surface area (Å²) in [5, 5.41) is 6.68. The van der Waals surface area contributed by atoms with Crippen LogP contribution >= 0.6 is 11.8 Å². The number of methoxy groups -OCH3 is 1. The molecule has 0 aromatic heterocycles. The van der Waals surface area contributed by atoms with Gasteiger partial charge in [-0.15, -0.1) is 0 Å². The van der Waals surface area contributed by atoms with Gasteiger partial charge in [0.15, 0.2) is 5.96 Å². The van der Waals surface area contributed by atoms with E-state index in [1.54, 1.807) is 7.11 Å². The summed E-state index contributed by atoms with van der Waals surface area (Å²) in [4.78, 5) is 4.24. The topological polar surface area (TPSA) is 45.7 Å². The molecule has 5 heteroatoms. The summed E-state index contributed by atoms with van der Waals surface area (Å²) in [6.45, 7) is 1.83. The molecule has 1 aromatic carbocycles. The van der Waals surface area contributed by atoms with Crippen molar-refractivity contribution in [2.75, 3.05) is 39.3 Å².